The van der Waals surface area contributed by atoms with Crippen LogP contribution in [0.15, 0.2) is 59.6 Å². The monoisotopic (exact) mass is 440 g/mol. The minimum atomic E-state index is -1.05. The first-order chi connectivity index (χ1) is 15.1. The Bertz CT molecular complexity index is 974. The minimum Gasteiger partial charge on any atom is -0.465 e. The fourth-order valence-electron chi connectivity index (χ4n) is 3.97. The summed E-state index contributed by atoms with van der Waals surface area (Å²) in [7, 11) is 0. The fourth-order valence-corrected chi connectivity index (χ4v) is 4.17. The minimum absolute atomic E-state index is 0.197. The summed E-state index contributed by atoms with van der Waals surface area (Å²) in [6.45, 7) is 4.95. The van der Waals surface area contributed by atoms with Gasteiger partial charge in [0.15, 0.2) is 5.92 Å². The first kappa shape index (κ1) is 21.2. The number of anilines is 1. The maximum Gasteiger partial charge on any atom is 0.321 e. The van der Waals surface area contributed by atoms with Crippen LogP contribution >= 0.6 is 11.6 Å². The molecule has 2 aromatic rings. The van der Waals surface area contributed by atoms with Crippen molar-refractivity contribution in [2.24, 2.45) is 10.9 Å². The van der Waals surface area contributed by atoms with Crippen molar-refractivity contribution in [3.8, 4) is 0 Å². The van der Waals surface area contributed by atoms with E-state index in [4.69, 9.17) is 21.3 Å². The molecule has 0 spiro atoms. The van der Waals surface area contributed by atoms with Crippen LogP contribution in [-0.4, -0.2) is 55.5 Å². The van der Waals surface area contributed by atoms with Gasteiger partial charge in [0.1, 0.15) is 6.04 Å². The van der Waals surface area contributed by atoms with Gasteiger partial charge in [0.2, 0.25) is 11.9 Å². The molecule has 31 heavy (non-hydrogen) atoms. The molecule has 0 radical (unpaired) electrons. The van der Waals surface area contributed by atoms with Crippen molar-refractivity contribution in [1.82, 2.24) is 10.2 Å². The standard InChI is InChI=1S/C23H25ClN4O3/c1-2-31-22(30)19-20(16-7-6-8-17(24)15-16)25-23(26-21(19)29)28-13-11-27(12-14-28)18-9-4-3-5-10-18/h3-10,15,19-20H,2,11-14H2,1H3,(H,25,26,29)/t19-,20-/m1/s1. The Kier molecular flexibility index (Phi) is 6.42. The van der Waals surface area contributed by atoms with Crippen LogP contribution in [0, 0.1) is 5.92 Å². The van der Waals surface area contributed by atoms with E-state index in [0.717, 1.165) is 13.1 Å². The van der Waals surface area contributed by atoms with E-state index < -0.39 is 23.8 Å². The number of benzene rings is 2. The van der Waals surface area contributed by atoms with Crippen molar-refractivity contribution < 1.29 is 14.3 Å². The lowest BCUT2D eigenvalue weighted by Crippen LogP contribution is -2.57. The van der Waals surface area contributed by atoms with Gasteiger partial charge >= 0.3 is 5.97 Å². The van der Waals surface area contributed by atoms with Crippen LogP contribution in [0.4, 0.5) is 5.69 Å². The van der Waals surface area contributed by atoms with Gasteiger partial charge in [0.25, 0.3) is 0 Å². The van der Waals surface area contributed by atoms with E-state index in [9.17, 15) is 9.59 Å². The molecule has 8 heteroatoms. The number of carbonyl (C=O) groups is 2. The Labute approximate surface area is 186 Å². The third-order valence-electron chi connectivity index (χ3n) is 5.53. The van der Waals surface area contributed by atoms with E-state index in [2.05, 4.69) is 27.2 Å². The SMILES string of the molecule is CCOC(=O)[C@H]1C(=O)NC(N2CCN(c3ccccc3)CC2)=N[C@@H]1c1cccc(Cl)c1. The van der Waals surface area contributed by atoms with Crippen molar-refractivity contribution in [3.05, 3.63) is 65.2 Å². The first-order valence-electron chi connectivity index (χ1n) is 10.4. The molecule has 1 amide bonds. The highest BCUT2D eigenvalue weighted by Crippen LogP contribution is 2.32. The zero-order valence-corrected chi connectivity index (χ0v) is 18.1. The lowest BCUT2D eigenvalue weighted by atomic mass is 9.91. The predicted octanol–water partition coefficient (Wildman–Crippen LogP) is 2.87. The van der Waals surface area contributed by atoms with Crippen molar-refractivity contribution in [2.45, 2.75) is 13.0 Å². The van der Waals surface area contributed by atoms with E-state index in [1.807, 2.05) is 24.3 Å². The predicted molar refractivity (Wildman–Crippen MR) is 120 cm³/mol. The molecule has 162 valence electrons. The smallest absolute Gasteiger partial charge is 0.321 e. The number of hydrogen-bond donors (Lipinski definition) is 1. The van der Waals surface area contributed by atoms with Crippen molar-refractivity contribution in [1.29, 1.82) is 0 Å². The summed E-state index contributed by atoms with van der Waals surface area (Å²) < 4.78 is 5.16. The number of halogens is 1. The second-order valence-electron chi connectivity index (χ2n) is 7.48. The lowest BCUT2D eigenvalue weighted by molar-refractivity contribution is -0.153. The maximum atomic E-state index is 13.0. The zero-order chi connectivity index (χ0) is 21.8. The van der Waals surface area contributed by atoms with E-state index >= 15 is 0 Å². The molecule has 1 N–H and O–H groups in total. The average molecular weight is 441 g/mol. The maximum absolute atomic E-state index is 13.0. The molecule has 0 aromatic heterocycles. The zero-order valence-electron chi connectivity index (χ0n) is 17.3. The van der Waals surface area contributed by atoms with Crippen molar-refractivity contribution >= 4 is 35.1 Å². The summed E-state index contributed by atoms with van der Waals surface area (Å²) in [6, 6.07) is 16.7. The van der Waals surface area contributed by atoms with Crippen LogP contribution in [0.1, 0.15) is 18.5 Å². The summed E-state index contributed by atoms with van der Waals surface area (Å²) in [5, 5.41) is 3.36. The highest BCUT2D eigenvalue weighted by atomic mass is 35.5. The normalized spacial score (nSPS) is 21.4. The highest BCUT2D eigenvalue weighted by molar-refractivity contribution is 6.30. The third kappa shape index (κ3) is 4.66. The van der Waals surface area contributed by atoms with Crippen LogP contribution < -0.4 is 10.2 Å². The molecule has 0 aliphatic carbocycles. The average Bonchev–Trinajstić information content (AvgIpc) is 2.79. The molecule has 1 fully saturated rings. The summed E-state index contributed by atoms with van der Waals surface area (Å²) in [5.74, 6) is -1.54. The van der Waals surface area contributed by atoms with Crippen LogP contribution in [0.2, 0.25) is 5.02 Å². The van der Waals surface area contributed by atoms with Crippen LogP contribution in [0.3, 0.4) is 0 Å². The van der Waals surface area contributed by atoms with Crippen LogP contribution in [0.25, 0.3) is 0 Å². The van der Waals surface area contributed by atoms with Gasteiger partial charge in [-0.15, -0.1) is 0 Å². The molecule has 1 saturated heterocycles. The number of piperazine rings is 1. The summed E-state index contributed by atoms with van der Waals surface area (Å²) in [6.07, 6.45) is 0. The quantitative estimate of drug-likeness (QED) is 0.584. The van der Waals surface area contributed by atoms with Crippen molar-refractivity contribution in [2.75, 3.05) is 37.7 Å². The number of para-hydroxylation sites is 1. The molecule has 2 heterocycles. The number of esters is 1. The second kappa shape index (κ2) is 9.39. The highest BCUT2D eigenvalue weighted by Gasteiger charge is 2.42. The molecular formula is C23H25ClN4O3. The lowest BCUT2D eigenvalue weighted by Gasteiger charge is -2.39. The number of rotatable bonds is 4. The van der Waals surface area contributed by atoms with Crippen LogP contribution in [0.5, 0.6) is 0 Å². The van der Waals surface area contributed by atoms with E-state index in [1.165, 1.54) is 5.69 Å². The van der Waals surface area contributed by atoms with Gasteiger partial charge in [-0.25, -0.2) is 4.99 Å². The van der Waals surface area contributed by atoms with Gasteiger partial charge in [-0.3, -0.25) is 14.9 Å². The number of carbonyl (C=O) groups excluding carboxylic acids is 2. The summed E-state index contributed by atoms with van der Waals surface area (Å²) >= 11 is 6.17. The number of ether oxygens (including phenoxy) is 1. The Hall–Kier alpha value is -3.06. The largest absolute Gasteiger partial charge is 0.465 e. The van der Waals surface area contributed by atoms with Crippen LogP contribution in [-0.2, 0) is 14.3 Å². The van der Waals surface area contributed by atoms with Gasteiger partial charge in [0.05, 0.1) is 6.61 Å². The number of nitrogens with one attached hydrogen (secondary N) is 1. The van der Waals surface area contributed by atoms with Gasteiger partial charge < -0.3 is 14.5 Å². The molecule has 2 aliphatic heterocycles. The number of nitrogens with zero attached hydrogens (tertiary/aromatic N) is 3. The topological polar surface area (TPSA) is 74.2 Å². The number of aliphatic imine (C=N–C) groups is 1. The molecule has 2 atom stereocenters. The molecule has 7 nitrogen and oxygen atoms in total. The second-order valence-corrected chi connectivity index (χ2v) is 7.92. The van der Waals surface area contributed by atoms with Gasteiger partial charge in [-0.05, 0) is 36.8 Å². The third-order valence-corrected chi connectivity index (χ3v) is 5.76. The van der Waals surface area contributed by atoms with Crippen molar-refractivity contribution in [3.63, 3.8) is 0 Å². The Morgan fingerprint density at radius 3 is 2.48 bits per heavy atom. The Balaban J connectivity index is 1.57. The van der Waals surface area contributed by atoms with Gasteiger partial charge in [-0.2, -0.15) is 0 Å². The van der Waals surface area contributed by atoms with E-state index in [-0.39, 0.29) is 6.61 Å². The number of guanidine groups is 1. The van der Waals surface area contributed by atoms with E-state index in [0.29, 0.717) is 29.6 Å². The molecule has 0 bridgehead atoms. The fraction of sp³-hybridized carbons (Fsp3) is 0.348. The Morgan fingerprint density at radius 1 is 1.10 bits per heavy atom. The van der Waals surface area contributed by atoms with Gasteiger partial charge in [0, 0.05) is 36.9 Å². The first-order valence-corrected chi connectivity index (χ1v) is 10.8. The Morgan fingerprint density at radius 2 is 1.81 bits per heavy atom. The molecule has 0 unspecified atom stereocenters. The molecule has 0 saturated carbocycles. The summed E-state index contributed by atoms with van der Waals surface area (Å²) in [5.41, 5.74) is 1.89. The number of amides is 1. The molecular weight excluding hydrogens is 416 g/mol. The molecule has 2 aliphatic rings. The van der Waals surface area contributed by atoms with E-state index in [1.54, 1.807) is 25.1 Å². The summed E-state index contributed by atoms with van der Waals surface area (Å²) in [4.78, 5) is 34.6. The van der Waals surface area contributed by atoms with Gasteiger partial charge in [-0.1, -0.05) is 41.9 Å². The molecule has 4 rings (SSSR count). The molecule has 2 aromatic carbocycles. The number of hydrogen-bond acceptors (Lipinski definition) is 6.